The summed E-state index contributed by atoms with van der Waals surface area (Å²) in [5, 5.41) is 0. The maximum Gasteiger partial charge on any atom is 0.416 e. The van der Waals surface area contributed by atoms with E-state index in [2.05, 4.69) is 14.9 Å². The second-order valence-electron chi connectivity index (χ2n) is 8.04. The molecule has 174 valence electrons. The van der Waals surface area contributed by atoms with Gasteiger partial charge in [0.15, 0.2) is 0 Å². The summed E-state index contributed by atoms with van der Waals surface area (Å²) < 4.78 is 43.6. The zero-order valence-electron chi connectivity index (χ0n) is 18.0. The Labute approximate surface area is 190 Å². The molecule has 1 aliphatic rings. The Morgan fingerprint density at radius 1 is 0.970 bits per heavy atom. The number of carbonyl (C=O) groups excluding carboxylic acids is 1. The Hall–Kier alpha value is -3.33. The van der Waals surface area contributed by atoms with Crippen LogP contribution in [-0.2, 0) is 19.0 Å². The SMILES string of the molecule is O=C(Oc1ccc(Cc2ccc(C(F)(F)F)cc2)cc1)N1CCN(CCc2cnc[nH]2)CC1. The summed E-state index contributed by atoms with van der Waals surface area (Å²) >= 11 is 0. The summed E-state index contributed by atoms with van der Waals surface area (Å²) in [6, 6.07) is 12.2. The third kappa shape index (κ3) is 6.35. The van der Waals surface area contributed by atoms with Crippen LogP contribution in [0.3, 0.4) is 0 Å². The maximum atomic E-state index is 12.7. The number of nitrogens with zero attached hydrogens (tertiary/aromatic N) is 3. The molecule has 0 atom stereocenters. The number of nitrogens with one attached hydrogen (secondary N) is 1. The first-order valence-corrected chi connectivity index (χ1v) is 10.8. The monoisotopic (exact) mass is 458 g/mol. The quantitative estimate of drug-likeness (QED) is 0.596. The highest BCUT2D eigenvalue weighted by Gasteiger charge is 2.29. The van der Waals surface area contributed by atoms with Crippen LogP contribution in [-0.4, -0.2) is 58.6 Å². The van der Waals surface area contributed by atoms with Crippen molar-refractivity contribution in [1.29, 1.82) is 0 Å². The minimum Gasteiger partial charge on any atom is -0.410 e. The van der Waals surface area contributed by atoms with Gasteiger partial charge in [-0.3, -0.25) is 4.90 Å². The van der Waals surface area contributed by atoms with E-state index < -0.39 is 11.7 Å². The largest absolute Gasteiger partial charge is 0.416 e. The van der Waals surface area contributed by atoms with E-state index in [1.165, 1.54) is 12.1 Å². The van der Waals surface area contributed by atoms with Crippen LogP contribution in [0, 0.1) is 0 Å². The van der Waals surface area contributed by atoms with Crippen molar-refractivity contribution in [2.45, 2.75) is 19.0 Å². The number of aromatic amines is 1. The minimum atomic E-state index is -4.34. The highest BCUT2D eigenvalue weighted by atomic mass is 19.4. The number of piperazine rings is 1. The first kappa shape index (κ1) is 22.8. The number of halogens is 3. The molecule has 1 fully saturated rings. The first-order valence-electron chi connectivity index (χ1n) is 10.8. The summed E-state index contributed by atoms with van der Waals surface area (Å²) in [7, 11) is 0. The normalized spacial score (nSPS) is 14.9. The van der Waals surface area contributed by atoms with Crippen molar-refractivity contribution in [1.82, 2.24) is 19.8 Å². The molecule has 4 rings (SSSR count). The Morgan fingerprint density at radius 3 is 2.18 bits per heavy atom. The van der Waals surface area contributed by atoms with Crippen LogP contribution in [0.15, 0.2) is 61.1 Å². The van der Waals surface area contributed by atoms with Crippen LogP contribution in [0.2, 0.25) is 0 Å². The van der Waals surface area contributed by atoms with Gasteiger partial charge in [-0.25, -0.2) is 9.78 Å². The molecule has 1 aliphatic heterocycles. The van der Waals surface area contributed by atoms with Gasteiger partial charge in [-0.05, 0) is 41.8 Å². The number of benzene rings is 2. The molecular weight excluding hydrogens is 433 g/mol. The van der Waals surface area contributed by atoms with Crippen LogP contribution in [0.25, 0.3) is 0 Å². The topological polar surface area (TPSA) is 61.5 Å². The minimum absolute atomic E-state index is 0.376. The molecule has 0 aliphatic carbocycles. The molecule has 1 N–H and O–H groups in total. The Bertz CT molecular complexity index is 1030. The number of carbonyl (C=O) groups is 1. The molecule has 1 amide bonds. The zero-order valence-corrected chi connectivity index (χ0v) is 18.0. The van der Waals surface area contributed by atoms with E-state index >= 15 is 0 Å². The Balaban J connectivity index is 1.23. The maximum absolute atomic E-state index is 12.7. The van der Waals surface area contributed by atoms with Gasteiger partial charge in [0.05, 0.1) is 11.9 Å². The molecule has 3 aromatic rings. The lowest BCUT2D eigenvalue weighted by molar-refractivity contribution is -0.137. The lowest BCUT2D eigenvalue weighted by Gasteiger charge is -2.33. The lowest BCUT2D eigenvalue weighted by Crippen LogP contribution is -2.49. The van der Waals surface area contributed by atoms with E-state index in [1.807, 2.05) is 18.3 Å². The number of amides is 1. The Kier molecular flexibility index (Phi) is 6.98. The van der Waals surface area contributed by atoms with E-state index in [0.717, 1.165) is 55.0 Å². The van der Waals surface area contributed by atoms with Crippen molar-refractivity contribution in [2.24, 2.45) is 0 Å². The van der Waals surface area contributed by atoms with E-state index in [0.29, 0.717) is 25.3 Å². The van der Waals surface area contributed by atoms with E-state index in [9.17, 15) is 18.0 Å². The molecule has 0 unspecified atom stereocenters. The summed E-state index contributed by atoms with van der Waals surface area (Å²) in [6.45, 7) is 3.69. The number of aromatic nitrogens is 2. The smallest absolute Gasteiger partial charge is 0.410 e. The number of imidazole rings is 1. The summed E-state index contributed by atoms with van der Waals surface area (Å²) in [4.78, 5) is 23.6. The summed E-state index contributed by atoms with van der Waals surface area (Å²) in [6.07, 6.45) is 0.165. The zero-order chi connectivity index (χ0) is 23.3. The number of hydrogen-bond donors (Lipinski definition) is 1. The van der Waals surface area contributed by atoms with E-state index in [1.54, 1.807) is 23.4 Å². The fourth-order valence-corrected chi connectivity index (χ4v) is 3.74. The average Bonchev–Trinajstić information content (AvgIpc) is 3.33. The van der Waals surface area contributed by atoms with Crippen LogP contribution in [0.5, 0.6) is 5.75 Å². The van der Waals surface area contributed by atoms with Crippen molar-refractivity contribution in [3.05, 3.63) is 83.4 Å². The van der Waals surface area contributed by atoms with Gasteiger partial charge in [-0.2, -0.15) is 13.2 Å². The van der Waals surface area contributed by atoms with Crippen molar-refractivity contribution < 1.29 is 22.7 Å². The first-order chi connectivity index (χ1) is 15.9. The van der Waals surface area contributed by atoms with Crippen LogP contribution >= 0.6 is 0 Å². The van der Waals surface area contributed by atoms with Gasteiger partial charge >= 0.3 is 12.3 Å². The molecule has 2 heterocycles. The van der Waals surface area contributed by atoms with Gasteiger partial charge < -0.3 is 14.6 Å². The van der Waals surface area contributed by atoms with Gasteiger partial charge in [-0.1, -0.05) is 24.3 Å². The van der Waals surface area contributed by atoms with Crippen molar-refractivity contribution in [3.63, 3.8) is 0 Å². The molecular formula is C24H25F3N4O2. The molecule has 33 heavy (non-hydrogen) atoms. The third-order valence-electron chi connectivity index (χ3n) is 5.70. The molecule has 6 nitrogen and oxygen atoms in total. The predicted molar refractivity (Wildman–Crippen MR) is 117 cm³/mol. The number of hydrogen-bond acceptors (Lipinski definition) is 4. The molecule has 0 bridgehead atoms. The molecule has 0 saturated carbocycles. The number of rotatable bonds is 6. The van der Waals surface area contributed by atoms with Crippen LogP contribution < -0.4 is 4.74 Å². The molecule has 9 heteroatoms. The predicted octanol–water partition coefficient (Wildman–Crippen LogP) is 4.38. The molecule has 1 saturated heterocycles. The molecule has 0 radical (unpaired) electrons. The van der Waals surface area contributed by atoms with Crippen molar-refractivity contribution in [2.75, 3.05) is 32.7 Å². The van der Waals surface area contributed by atoms with E-state index in [-0.39, 0.29) is 6.09 Å². The average molecular weight is 458 g/mol. The standard InChI is InChI=1S/C24H25F3N4O2/c25-24(26,27)20-5-1-18(2-6-20)15-19-3-7-22(8-4-19)33-23(32)31-13-11-30(12-14-31)10-9-21-16-28-17-29-21/h1-8,16-17H,9-15H2,(H,28,29). The highest BCUT2D eigenvalue weighted by molar-refractivity contribution is 5.70. The highest BCUT2D eigenvalue weighted by Crippen LogP contribution is 2.29. The van der Waals surface area contributed by atoms with Gasteiger partial charge in [0, 0.05) is 51.0 Å². The lowest BCUT2D eigenvalue weighted by atomic mass is 10.0. The van der Waals surface area contributed by atoms with Gasteiger partial charge in [0.2, 0.25) is 0 Å². The summed E-state index contributed by atoms with van der Waals surface area (Å²) in [5.74, 6) is 0.442. The molecule has 1 aromatic heterocycles. The number of ether oxygens (including phenoxy) is 1. The number of alkyl halides is 3. The fourth-order valence-electron chi connectivity index (χ4n) is 3.74. The van der Waals surface area contributed by atoms with Gasteiger partial charge in [0.1, 0.15) is 5.75 Å². The van der Waals surface area contributed by atoms with E-state index in [4.69, 9.17) is 4.74 Å². The second-order valence-corrected chi connectivity index (χ2v) is 8.04. The second kappa shape index (κ2) is 10.1. The summed E-state index contributed by atoms with van der Waals surface area (Å²) in [5.41, 5.74) is 2.13. The Morgan fingerprint density at radius 2 is 1.61 bits per heavy atom. The van der Waals surface area contributed by atoms with Gasteiger partial charge in [0.25, 0.3) is 0 Å². The third-order valence-corrected chi connectivity index (χ3v) is 5.70. The van der Waals surface area contributed by atoms with Crippen LogP contribution in [0.4, 0.5) is 18.0 Å². The van der Waals surface area contributed by atoms with Crippen molar-refractivity contribution >= 4 is 6.09 Å². The van der Waals surface area contributed by atoms with Crippen molar-refractivity contribution in [3.8, 4) is 5.75 Å². The fraction of sp³-hybridized carbons (Fsp3) is 0.333. The van der Waals surface area contributed by atoms with Crippen LogP contribution in [0.1, 0.15) is 22.4 Å². The molecule has 2 aromatic carbocycles. The molecule has 0 spiro atoms. The van der Waals surface area contributed by atoms with Gasteiger partial charge in [-0.15, -0.1) is 0 Å². The number of H-pyrrole nitrogens is 1.